The SMILES string of the molecule is CN1OCC(S(=O)(=O)NCCc2ccccc2)C1c1ccco1. The van der Waals surface area contributed by atoms with Crippen molar-refractivity contribution in [3.63, 3.8) is 0 Å². The van der Waals surface area contributed by atoms with E-state index in [4.69, 9.17) is 9.25 Å². The average molecular weight is 336 g/mol. The Labute approximate surface area is 136 Å². The first-order valence-electron chi connectivity index (χ1n) is 7.49. The molecule has 0 radical (unpaired) electrons. The van der Waals surface area contributed by atoms with E-state index in [2.05, 4.69) is 4.72 Å². The highest BCUT2D eigenvalue weighted by molar-refractivity contribution is 7.90. The summed E-state index contributed by atoms with van der Waals surface area (Å²) in [6, 6.07) is 12.8. The molecule has 23 heavy (non-hydrogen) atoms. The van der Waals surface area contributed by atoms with Crippen molar-refractivity contribution < 1.29 is 17.7 Å². The van der Waals surface area contributed by atoms with E-state index in [9.17, 15) is 8.42 Å². The third kappa shape index (κ3) is 3.64. The van der Waals surface area contributed by atoms with E-state index in [1.165, 1.54) is 6.26 Å². The summed E-state index contributed by atoms with van der Waals surface area (Å²) in [6.07, 6.45) is 2.18. The Hall–Kier alpha value is -1.67. The van der Waals surface area contributed by atoms with E-state index in [0.29, 0.717) is 18.7 Å². The quantitative estimate of drug-likeness (QED) is 0.870. The average Bonchev–Trinajstić information content (AvgIpc) is 3.17. The zero-order valence-corrected chi connectivity index (χ0v) is 13.7. The standard InChI is InChI=1S/C16H20N2O4S/c1-18-16(14-8-5-11-21-14)15(12-22-18)23(19,20)17-10-9-13-6-3-2-4-7-13/h2-8,11,15-17H,9-10,12H2,1H3. The molecule has 1 aliphatic rings. The van der Waals surface area contributed by atoms with Crippen molar-refractivity contribution >= 4 is 10.0 Å². The molecule has 1 aromatic heterocycles. The van der Waals surface area contributed by atoms with Crippen LogP contribution in [0.2, 0.25) is 0 Å². The van der Waals surface area contributed by atoms with Gasteiger partial charge in [0.25, 0.3) is 0 Å². The van der Waals surface area contributed by atoms with Crippen LogP contribution in [-0.4, -0.2) is 38.9 Å². The number of rotatable bonds is 6. The van der Waals surface area contributed by atoms with E-state index >= 15 is 0 Å². The lowest BCUT2D eigenvalue weighted by molar-refractivity contribution is -0.113. The third-order valence-corrected chi connectivity index (χ3v) is 5.78. The van der Waals surface area contributed by atoms with Gasteiger partial charge >= 0.3 is 0 Å². The first kappa shape index (κ1) is 16.2. The Morgan fingerprint density at radius 2 is 2.00 bits per heavy atom. The molecule has 124 valence electrons. The summed E-state index contributed by atoms with van der Waals surface area (Å²) in [7, 11) is -1.80. The molecule has 2 unspecified atom stereocenters. The number of nitrogens with zero attached hydrogens (tertiary/aromatic N) is 1. The van der Waals surface area contributed by atoms with Gasteiger partial charge in [0.15, 0.2) is 0 Å². The van der Waals surface area contributed by atoms with Crippen LogP contribution in [0.5, 0.6) is 0 Å². The Kier molecular flexibility index (Phi) is 4.82. The molecule has 1 aromatic carbocycles. The predicted octanol–water partition coefficient (Wildman–Crippen LogP) is 1.73. The predicted molar refractivity (Wildman–Crippen MR) is 86.0 cm³/mol. The van der Waals surface area contributed by atoms with Crippen molar-refractivity contribution in [2.45, 2.75) is 17.7 Å². The maximum Gasteiger partial charge on any atom is 0.218 e. The summed E-state index contributed by atoms with van der Waals surface area (Å²) in [5.74, 6) is 0.587. The second-order valence-electron chi connectivity index (χ2n) is 5.52. The summed E-state index contributed by atoms with van der Waals surface area (Å²) in [6.45, 7) is 0.472. The van der Waals surface area contributed by atoms with Gasteiger partial charge in [0.1, 0.15) is 17.1 Å². The van der Waals surface area contributed by atoms with Crippen LogP contribution < -0.4 is 4.72 Å². The van der Waals surface area contributed by atoms with Gasteiger partial charge < -0.3 is 4.42 Å². The monoisotopic (exact) mass is 336 g/mol. The molecular weight excluding hydrogens is 316 g/mol. The highest BCUT2D eigenvalue weighted by Gasteiger charge is 2.44. The molecule has 3 rings (SSSR count). The second kappa shape index (κ2) is 6.84. The Morgan fingerprint density at radius 1 is 1.22 bits per heavy atom. The molecule has 1 aliphatic heterocycles. The van der Waals surface area contributed by atoms with Gasteiger partial charge in [-0.25, -0.2) is 13.1 Å². The Balaban J connectivity index is 1.66. The fourth-order valence-corrected chi connectivity index (χ4v) is 4.25. The molecule has 0 aliphatic carbocycles. The van der Waals surface area contributed by atoms with Gasteiger partial charge in [0.2, 0.25) is 10.0 Å². The molecule has 1 saturated heterocycles. The van der Waals surface area contributed by atoms with Gasteiger partial charge in [-0.2, -0.15) is 5.06 Å². The number of sulfonamides is 1. The summed E-state index contributed by atoms with van der Waals surface area (Å²) >= 11 is 0. The van der Waals surface area contributed by atoms with Crippen LogP contribution in [0.1, 0.15) is 17.4 Å². The van der Waals surface area contributed by atoms with Crippen molar-refractivity contribution in [2.75, 3.05) is 20.2 Å². The fourth-order valence-electron chi connectivity index (χ4n) is 2.77. The van der Waals surface area contributed by atoms with E-state index < -0.39 is 21.3 Å². The highest BCUT2D eigenvalue weighted by atomic mass is 32.2. The number of nitrogens with one attached hydrogen (secondary N) is 1. The van der Waals surface area contributed by atoms with E-state index in [1.807, 2.05) is 30.3 Å². The van der Waals surface area contributed by atoms with Crippen LogP contribution in [0.4, 0.5) is 0 Å². The van der Waals surface area contributed by atoms with E-state index in [-0.39, 0.29) is 6.61 Å². The maximum atomic E-state index is 12.6. The lowest BCUT2D eigenvalue weighted by Gasteiger charge is -2.20. The van der Waals surface area contributed by atoms with Crippen molar-refractivity contribution in [1.82, 2.24) is 9.79 Å². The Bertz CT molecular complexity index is 716. The molecule has 0 amide bonds. The van der Waals surface area contributed by atoms with Gasteiger partial charge in [0, 0.05) is 13.6 Å². The lowest BCUT2D eigenvalue weighted by Crippen LogP contribution is -2.40. The van der Waals surface area contributed by atoms with Gasteiger partial charge in [-0.05, 0) is 24.1 Å². The molecule has 0 bridgehead atoms. The zero-order valence-electron chi connectivity index (χ0n) is 12.9. The third-order valence-electron chi connectivity index (χ3n) is 3.98. The molecular formula is C16H20N2O4S. The topological polar surface area (TPSA) is 71.8 Å². The van der Waals surface area contributed by atoms with Gasteiger partial charge in [-0.3, -0.25) is 4.84 Å². The number of hydroxylamine groups is 2. The van der Waals surface area contributed by atoms with Crippen LogP contribution in [0, 0.1) is 0 Å². The smallest absolute Gasteiger partial charge is 0.218 e. The Morgan fingerprint density at radius 3 is 2.70 bits per heavy atom. The van der Waals surface area contributed by atoms with Crippen LogP contribution in [-0.2, 0) is 21.3 Å². The number of furan rings is 1. The molecule has 0 spiro atoms. The second-order valence-corrected chi connectivity index (χ2v) is 7.50. The van der Waals surface area contributed by atoms with Gasteiger partial charge in [0.05, 0.1) is 12.9 Å². The molecule has 1 N–H and O–H groups in total. The normalized spacial score (nSPS) is 22.5. The van der Waals surface area contributed by atoms with Crippen molar-refractivity contribution in [2.24, 2.45) is 0 Å². The fraction of sp³-hybridized carbons (Fsp3) is 0.375. The molecule has 2 heterocycles. The van der Waals surface area contributed by atoms with E-state index in [0.717, 1.165) is 5.56 Å². The lowest BCUT2D eigenvalue weighted by atomic mass is 10.2. The van der Waals surface area contributed by atoms with Crippen molar-refractivity contribution in [3.05, 3.63) is 60.1 Å². The number of benzene rings is 1. The van der Waals surface area contributed by atoms with Crippen LogP contribution in [0.3, 0.4) is 0 Å². The van der Waals surface area contributed by atoms with Crippen molar-refractivity contribution in [1.29, 1.82) is 0 Å². The summed E-state index contributed by atoms with van der Waals surface area (Å²) < 4.78 is 33.3. The molecule has 6 nitrogen and oxygen atoms in total. The van der Waals surface area contributed by atoms with Crippen molar-refractivity contribution in [3.8, 4) is 0 Å². The summed E-state index contributed by atoms with van der Waals surface area (Å²) in [5.41, 5.74) is 1.09. The molecule has 0 saturated carbocycles. The van der Waals surface area contributed by atoms with Gasteiger partial charge in [-0.1, -0.05) is 30.3 Å². The van der Waals surface area contributed by atoms with E-state index in [1.54, 1.807) is 24.2 Å². The first-order valence-corrected chi connectivity index (χ1v) is 9.04. The van der Waals surface area contributed by atoms with Crippen LogP contribution >= 0.6 is 0 Å². The number of hydrogen-bond donors (Lipinski definition) is 1. The van der Waals surface area contributed by atoms with Gasteiger partial charge in [-0.15, -0.1) is 0 Å². The minimum atomic E-state index is -3.51. The minimum Gasteiger partial charge on any atom is -0.468 e. The van der Waals surface area contributed by atoms with Crippen LogP contribution in [0.25, 0.3) is 0 Å². The molecule has 2 aromatic rings. The first-order chi connectivity index (χ1) is 11.1. The zero-order chi connectivity index (χ0) is 16.3. The summed E-state index contributed by atoms with van der Waals surface area (Å²) in [5, 5.41) is 0.842. The largest absolute Gasteiger partial charge is 0.468 e. The summed E-state index contributed by atoms with van der Waals surface area (Å²) in [4.78, 5) is 5.41. The molecule has 2 atom stereocenters. The maximum absolute atomic E-state index is 12.6. The van der Waals surface area contributed by atoms with Crippen LogP contribution in [0.15, 0.2) is 53.1 Å². The number of hydrogen-bond acceptors (Lipinski definition) is 5. The molecule has 1 fully saturated rings. The molecule has 7 heteroatoms. The highest BCUT2D eigenvalue weighted by Crippen LogP contribution is 2.33. The minimum absolute atomic E-state index is 0.114.